The molecule has 0 fully saturated rings. The maximum atomic E-state index is 11.9. The maximum Gasteiger partial charge on any atom is 0.247 e. The smallest absolute Gasteiger partial charge is 0.247 e. The summed E-state index contributed by atoms with van der Waals surface area (Å²) in [6, 6.07) is 8.36. The zero-order valence-electron chi connectivity index (χ0n) is 10.5. The van der Waals surface area contributed by atoms with Crippen LogP contribution in [0.3, 0.4) is 0 Å². The molecule has 2 amide bonds. The van der Waals surface area contributed by atoms with Crippen LogP contribution in [0.1, 0.15) is 12.5 Å². The van der Waals surface area contributed by atoms with Crippen molar-refractivity contribution < 1.29 is 9.59 Å². The van der Waals surface area contributed by atoms with E-state index in [2.05, 4.69) is 23.3 Å². The highest BCUT2D eigenvalue weighted by Gasteiger charge is 2.17. The highest BCUT2D eigenvalue weighted by atomic mass is 32.1. The standard InChI is InChI=1S/C13H15N3O2S/c1-9(17)15-12(8-19)13(18)16-11-4-2-10(3-5-11)6-7-14/h2-5,12,19H,6,8H2,1H3,(H,15,17)(H,16,18). The molecular weight excluding hydrogens is 262 g/mol. The van der Waals surface area contributed by atoms with Gasteiger partial charge in [-0.15, -0.1) is 0 Å². The molecule has 1 aromatic rings. The largest absolute Gasteiger partial charge is 0.344 e. The van der Waals surface area contributed by atoms with Gasteiger partial charge in [0.25, 0.3) is 0 Å². The summed E-state index contributed by atoms with van der Waals surface area (Å²) < 4.78 is 0. The van der Waals surface area contributed by atoms with Gasteiger partial charge in [0.2, 0.25) is 11.8 Å². The monoisotopic (exact) mass is 277 g/mol. The van der Waals surface area contributed by atoms with Crippen LogP contribution in [0.5, 0.6) is 0 Å². The molecule has 0 heterocycles. The van der Waals surface area contributed by atoms with Gasteiger partial charge in [-0.2, -0.15) is 17.9 Å². The van der Waals surface area contributed by atoms with Crippen LogP contribution in [0.15, 0.2) is 24.3 Å². The summed E-state index contributed by atoms with van der Waals surface area (Å²) >= 11 is 4.03. The quantitative estimate of drug-likeness (QED) is 0.706. The summed E-state index contributed by atoms with van der Waals surface area (Å²) in [5.41, 5.74) is 1.50. The molecule has 0 spiro atoms. The molecule has 1 atom stereocenters. The van der Waals surface area contributed by atoms with Crippen LogP contribution in [0.2, 0.25) is 0 Å². The minimum absolute atomic E-state index is 0.220. The Hall–Kier alpha value is -2.00. The number of nitrogens with one attached hydrogen (secondary N) is 2. The fourth-order valence-electron chi connectivity index (χ4n) is 1.47. The van der Waals surface area contributed by atoms with Gasteiger partial charge in [-0.05, 0) is 17.7 Å². The number of nitriles is 1. The summed E-state index contributed by atoms with van der Waals surface area (Å²) in [4.78, 5) is 22.8. The van der Waals surface area contributed by atoms with Gasteiger partial charge in [-0.1, -0.05) is 12.1 Å². The molecule has 0 aliphatic carbocycles. The molecule has 1 aromatic carbocycles. The van der Waals surface area contributed by atoms with E-state index in [4.69, 9.17) is 5.26 Å². The van der Waals surface area contributed by atoms with E-state index in [0.29, 0.717) is 12.1 Å². The van der Waals surface area contributed by atoms with Crippen molar-refractivity contribution in [2.75, 3.05) is 11.1 Å². The van der Waals surface area contributed by atoms with E-state index in [1.54, 1.807) is 24.3 Å². The first kappa shape index (κ1) is 15.1. The Labute approximate surface area is 117 Å². The summed E-state index contributed by atoms with van der Waals surface area (Å²) in [5, 5.41) is 13.7. The normalized spacial score (nSPS) is 11.2. The SMILES string of the molecule is CC(=O)NC(CS)C(=O)Nc1ccc(CC#N)cc1. The molecule has 2 N–H and O–H groups in total. The van der Waals surface area contributed by atoms with Crippen molar-refractivity contribution in [1.82, 2.24) is 5.32 Å². The maximum absolute atomic E-state index is 11.9. The van der Waals surface area contributed by atoms with Gasteiger partial charge in [0.1, 0.15) is 6.04 Å². The molecule has 100 valence electrons. The molecule has 0 saturated carbocycles. The van der Waals surface area contributed by atoms with Gasteiger partial charge in [0.15, 0.2) is 0 Å². The van der Waals surface area contributed by atoms with E-state index >= 15 is 0 Å². The summed E-state index contributed by atoms with van der Waals surface area (Å²) in [6.07, 6.45) is 0.333. The zero-order chi connectivity index (χ0) is 14.3. The second kappa shape index (κ2) is 7.44. The van der Waals surface area contributed by atoms with Gasteiger partial charge in [0, 0.05) is 18.4 Å². The van der Waals surface area contributed by atoms with Gasteiger partial charge in [0.05, 0.1) is 12.5 Å². The number of thiol groups is 1. The first-order valence-corrected chi connectivity index (χ1v) is 6.34. The molecule has 1 unspecified atom stereocenters. The molecule has 5 nitrogen and oxygen atoms in total. The van der Waals surface area contributed by atoms with E-state index < -0.39 is 6.04 Å². The van der Waals surface area contributed by atoms with E-state index in [9.17, 15) is 9.59 Å². The van der Waals surface area contributed by atoms with Gasteiger partial charge >= 0.3 is 0 Å². The second-order valence-corrected chi connectivity index (χ2v) is 4.32. The number of hydrogen-bond donors (Lipinski definition) is 3. The molecule has 6 heteroatoms. The molecule has 0 aromatic heterocycles. The molecular formula is C13H15N3O2S. The number of nitrogens with zero attached hydrogens (tertiary/aromatic N) is 1. The van der Waals surface area contributed by atoms with Crippen LogP contribution >= 0.6 is 12.6 Å². The minimum Gasteiger partial charge on any atom is -0.344 e. The zero-order valence-corrected chi connectivity index (χ0v) is 11.4. The molecule has 1 rings (SSSR count). The molecule has 0 radical (unpaired) electrons. The van der Waals surface area contributed by atoms with Gasteiger partial charge in [-0.25, -0.2) is 0 Å². The number of amides is 2. The van der Waals surface area contributed by atoms with Crippen LogP contribution in [0.4, 0.5) is 5.69 Å². The van der Waals surface area contributed by atoms with Crippen molar-refractivity contribution >= 4 is 30.1 Å². The van der Waals surface area contributed by atoms with Crippen molar-refractivity contribution in [3.05, 3.63) is 29.8 Å². The fraction of sp³-hybridized carbons (Fsp3) is 0.308. The van der Waals surface area contributed by atoms with Crippen LogP contribution in [-0.4, -0.2) is 23.6 Å². The Morgan fingerprint density at radius 1 is 1.37 bits per heavy atom. The number of hydrogen-bond acceptors (Lipinski definition) is 4. The third-order valence-corrected chi connectivity index (χ3v) is 2.75. The number of carbonyl (C=O) groups is 2. The van der Waals surface area contributed by atoms with E-state index in [0.717, 1.165) is 5.56 Å². The summed E-state index contributed by atoms with van der Waals surface area (Å²) in [6.45, 7) is 1.35. The van der Waals surface area contributed by atoms with E-state index in [1.165, 1.54) is 6.92 Å². The second-order valence-electron chi connectivity index (χ2n) is 3.96. The summed E-state index contributed by atoms with van der Waals surface area (Å²) in [7, 11) is 0. The molecule has 19 heavy (non-hydrogen) atoms. The lowest BCUT2D eigenvalue weighted by Crippen LogP contribution is -2.44. The van der Waals surface area contributed by atoms with Crippen LogP contribution in [0, 0.1) is 11.3 Å². The van der Waals surface area contributed by atoms with Crippen LogP contribution in [0.25, 0.3) is 0 Å². The van der Waals surface area contributed by atoms with Crippen molar-refractivity contribution in [3.8, 4) is 6.07 Å². The average Bonchev–Trinajstić information content (AvgIpc) is 2.38. The van der Waals surface area contributed by atoms with E-state index in [-0.39, 0.29) is 17.6 Å². The Kier molecular flexibility index (Phi) is 5.90. The lowest BCUT2D eigenvalue weighted by Gasteiger charge is -2.15. The number of benzene rings is 1. The van der Waals surface area contributed by atoms with E-state index in [1.807, 2.05) is 6.07 Å². The molecule has 0 aliphatic rings. The van der Waals surface area contributed by atoms with Crippen LogP contribution < -0.4 is 10.6 Å². The van der Waals surface area contributed by atoms with Crippen LogP contribution in [-0.2, 0) is 16.0 Å². The predicted molar refractivity (Wildman–Crippen MR) is 75.8 cm³/mol. The Morgan fingerprint density at radius 3 is 2.47 bits per heavy atom. The number of anilines is 1. The van der Waals surface area contributed by atoms with Gasteiger partial charge in [-0.3, -0.25) is 9.59 Å². The first-order chi connectivity index (χ1) is 9.06. The average molecular weight is 277 g/mol. The predicted octanol–water partition coefficient (Wildman–Crippen LogP) is 1.13. The lowest BCUT2D eigenvalue weighted by molar-refractivity contribution is -0.124. The topological polar surface area (TPSA) is 82.0 Å². The summed E-state index contributed by atoms with van der Waals surface area (Å²) in [5.74, 6) is -0.380. The minimum atomic E-state index is -0.667. The first-order valence-electron chi connectivity index (χ1n) is 5.71. The van der Waals surface area contributed by atoms with Crippen molar-refractivity contribution in [3.63, 3.8) is 0 Å². The molecule has 0 bridgehead atoms. The molecule has 0 saturated heterocycles. The Balaban J connectivity index is 2.65. The lowest BCUT2D eigenvalue weighted by atomic mass is 10.1. The highest BCUT2D eigenvalue weighted by Crippen LogP contribution is 2.10. The number of rotatable bonds is 5. The third-order valence-electron chi connectivity index (χ3n) is 2.38. The highest BCUT2D eigenvalue weighted by molar-refractivity contribution is 7.80. The fourth-order valence-corrected chi connectivity index (χ4v) is 1.72. The number of carbonyl (C=O) groups excluding carboxylic acids is 2. The van der Waals surface area contributed by atoms with Gasteiger partial charge < -0.3 is 10.6 Å². The third kappa shape index (κ3) is 5.02. The van der Waals surface area contributed by atoms with Crippen molar-refractivity contribution in [2.24, 2.45) is 0 Å². The molecule has 0 aliphatic heterocycles. The van der Waals surface area contributed by atoms with Crippen molar-refractivity contribution in [1.29, 1.82) is 5.26 Å². The van der Waals surface area contributed by atoms with Crippen molar-refractivity contribution in [2.45, 2.75) is 19.4 Å². The Morgan fingerprint density at radius 2 is 2.00 bits per heavy atom. The Bertz CT molecular complexity index is 494.